The Bertz CT molecular complexity index is 200. The second kappa shape index (κ2) is 13.2. The van der Waals surface area contributed by atoms with E-state index in [-0.39, 0.29) is 18.9 Å². The standard InChI is InChI=1S/C15H27Cl3O3/c16-10-4-1-7-13-19-14(8-2-5-11-17)21-15(20-13)9-3-6-12-18/h13-15H,1-12H2. The highest BCUT2D eigenvalue weighted by atomic mass is 35.5. The van der Waals surface area contributed by atoms with Crippen LogP contribution in [0.5, 0.6) is 0 Å². The molecular formula is C15H27Cl3O3. The molecule has 126 valence electrons. The van der Waals surface area contributed by atoms with Crippen molar-refractivity contribution >= 4 is 34.8 Å². The average molecular weight is 362 g/mol. The zero-order valence-electron chi connectivity index (χ0n) is 12.6. The van der Waals surface area contributed by atoms with Gasteiger partial charge in [-0.15, -0.1) is 34.8 Å². The molecule has 0 amide bonds. The van der Waals surface area contributed by atoms with Crippen molar-refractivity contribution in [2.45, 2.75) is 76.7 Å². The number of rotatable bonds is 12. The molecule has 6 heteroatoms. The number of unbranched alkanes of at least 4 members (excludes halogenated alkanes) is 3. The van der Waals surface area contributed by atoms with Gasteiger partial charge in [0.05, 0.1) is 0 Å². The predicted octanol–water partition coefficient (Wildman–Crippen LogP) is 5.26. The van der Waals surface area contributed by atoms with E-state index in [2.05, 4.69) is 0 Å². The molecule has 0 aromatic carbocycles. The molecule has 0 radical (unpaired) electrons. The van der Waals surface area contributed by atoms with Gasteiger partial charge in [0.1, 0.15) is 0 Å². The number of alkyl halides is 3. The minimum absolute atomic E-state index is 0.177. The highest BCUT2D eigenvalue weighted by Gasteiger charge is 2.29. The Labute approximate surface area is 143 Å². The predicted molar refractivity (Wildman–Crippen MR) is 88.3 cm³/mol. The van der Waals surface area contributed by atoms with Gasteiger partial charge in [-0.2, -0.15) is 0 Å². The molecule has 0 atom stereocenters. The maximum absolute atomic E-state index is 5.86. The van der Waals surface area contributed by atoms with E-state index in [0.717, 1.165) is 57.8 Å². The summed E-state index contributed by atoms with van der Waals surface area (Å²) in [5.74, 6) is 2.05. The molecule has 1 fully saturated rings. The van der Waals surface area contributed by atoms with Crippen molar-refractivity contribution in [2.75, 3.05) is 17.6 Å². The van der Waals surface area contributed by atoms with Gasteiger partial charge in [0.2, 0.25) is 0 Å². The van der Waals surface area contributed by atoms with Crippen LogP contribution < -0.4 is 0 Å². The number of halogens is 3. The van der Waals surface area contributed by atoms with Gasteiger partial charge in [0.15, 0.2) is 18.9 Å². The third-order valence-electron chi connectivity index (χ3n) is 3.38. The average Bonchev–Trinajstić information content (AvgIpc) is 2.48. The van der Waals surface area contributed by atoms with Gasteiger partial charge in [0.25, 0.3) is 0 Å². The van der Waals surface area contributed by atoms with E-state index in [1.807, 2.05) is 0 Å². The lowest BCUT2D eigenvalue weighted by Crippen LogP contribution is -2.40. The lowest BCUT2D eigenvalue weighted by Gasteiger charge is -2.36. The Balaban J connectivity index is 2.35. The molecule has 1 saturated heterocycles. The molecule has 0 N–H and O–H groups in total. The van der Waals surface area contributed by atoms with Crippen molar-refractivity contribution < 1.29 is 14.2 Å². The van der Waals surface area contributed by atoms with E-state index in [1.54, 1.807) is 0 Å². The molecule has 0 bridgehead atoms. The largest absolute Gasteiger partial charge is 0.324 e. The van der Waals surface area contributed by atoms with Gasteiger partial charge < -0.3 is 14.2 Å². The molecule has 1 rings (SSSR count). The summed E-state index contributed by atoms with van der Waals surface area (Å²) in [4.78, 5) is 0. The summed E-state index contributed by atoms with van der Waals surface area (Å²) in [6.07, 6.45) is 8.07. The Morgan fingerprint density at radius 2 is 0.762 bits per heavy atom. The monoisotopic (exact) mass is 360 g/mol. The fraction of sp³-hybridized carbons (Fsp3) is 1.00. The van der Waals surface area contributed by atoms with E-state index < -0.39 is 0 Å². The third-order valence-corrected chi connectivity index (χ3v) is 4.18. The van der Waals surface area contributed by atoms with Gasteiger partial charge in [-0.1, -0.05) is 0 Å². The van der Waals surface area contributed by atoms with Crippen LogP contribution in [0.1, 0.15) is 57.8 Å². The first-order valence-electron chi connectivity index (χ1n) is 7.94. The van der Waals surface area contributed by atoms with Crippen LogP contribution in [0.2, 0.25) is 0 Å². The zero-order chi connectivity index (χ0) is 15.3. The summed E-state index contributed by atoms with van der Waals surface area (Å²) in [7, 11) is 0. The fourth-order valence-electron chi connectivity index (χ4n) is 2.23. The highest BCUT2D eigenvalue weighted by molar-refractivity contribution is 6.18. The quantitative estimate of drug-likeness (QED) is 0.351. The van der Waals surface area contributed by atoms with Crippen LogP contribution in [0.15, 0.2) is 0 Å². The maximum atomic E-state index is 5.86. The second-order valence-corrected chi connectivity index (χ2v) is 6.39. The molecule has 0 unspecified atom stereocenters. The van der Waals surface area contributed by atoms with Crippen LogP contribution in [-0.4, -0.2) is 36.5 Å². The number of hydrogen-bond acceptors (Lipinski definition) is 3. The van der Waals surface area contributed by atoms with Crippen LogP contribution in [0.4, 0.5) is 0 Å². The van der Waals surface area contributed by atoms with Crippen molar-refractivity contribution in [3.8, 4) is 0 Å². The summed E-state index contributed by atoms with van der Waals surface area (Å²) < 4.78 is 17.6. The molecule has 0 aromatic rings. The molecule has 3 nitrogen and oxygen atoms in total. The van der Waals surface area contributed by atoms with Gasteiger partial charge in [-0.05, 0) is 57.8 Å². The van der Waals surface area contributed by atoms with Crippen molar-refractivity contribution in [1.82, 2.24) is 0 Å². The summed E-state index contributed by atoms with van der Waals surface area (Å²) in [6, 6.07) is 0. The molecule has 1 aliphatic heterocycles. The minimum atomic E-state index is -0.177. The fourth-order valence-corrected chi connectivity index (χ4v) is 2.80. The minimum Gasteiger partial charge on any atom is -0.324 e. The topological polar surface area (TPSA) is 27.7 Å². The Hall–Kier alpha value is 0.750. The normalized spacial score (nSPS) is 26.1. The highest BCUT2D eigenvalue weighted by Crippen LogP contribution is 2.25. The summed E-state index contributed by atoms with van der Waals surface area (Å²) in [6.45, 7) is 0. The Morgan fingerprint density at radius 3 is 1.00 bits per heavy atom. The SMILES string of the molecule is ClCCCCC1OC(CCCCCl)OC(CCCCCl)O1. The van der Waals surface area contributed by atoms with Crippen molar-refractivity contribution in [3.63, 3.8) is 0 Å². The lowest BCUT2D eigenvalue weighted by molar-refractivity contribution is -0.386. The Kier molecular flexibility index (Phi) is 12.5. The molecular weight excluding hydrogens is 335 g/mol. The van der Waals surface area contributed by atoms with E-state index in [4.69, 9.17) is 49.0 Å². The van der Waals surface area contributed by atoms with Crippen LogP contribution in [0, 0.1) is 0 Å². The first-order valence-corrected chi connectivity index (χ1v) is 9.54. The lowest BCUT2D eigenvalue weighted by atomic mass is 10.2. The zero-order valence-corrected chi connectivity index (χ0v) is 14.8. The molecule has 0 aromatic heterocycles. The molecule has 0 spiro atoms. The van der Waals surface area contributed by atoms with E-state index in [9.17, 15) is 0 Å². The van der Waals surface area contributed by atoms with Crippen LogP contribution in [0.3, 0.4) is 0 Å². The summed E-state index contributed by atoms with van der Waals surface area (Å²) in [5, 5.41) is 0. The molecule has 1 heterocycles. The van der Waals surface area contributed by atoms with Crippen molar-refractivity contribution in [3.05, 3.63) is 0 Å². The summed E-state index contributed by atoms with van der Waals surface area (Å²) >= 11 is 17.1. The van der Waals surface area contributed by atoms with Gasteiger partial charge in [0, 0.05) is 17.6 Å². The summed E-state index contributed by atoms with van der Waals surface area (Å²) in [5.41, 5.74) is 0. The van der Waals surface area contributed by atoms with Crippen LogP contribution in [-0.2, 0) is 14.2 Å². The van der Waals surface area contributed by atoms with Gasteiger partial charge in [-0.3, -0.25) is 0 Å². The number of ether oxygens (including phenoxy) is 3. The third kappa shape index (κ3) is 9.47. The molecule has 21 heavy (non-hydrogen) atoms. The Morgan fingerprint density at radius 1 is 0.476 bits per heavy atom. The maximum Gasteiger partial charge on any atom is 0.163 e. The van der Waals surface area contributed by atoms with Crippen molar-refractivity contribution in [2.24, 2.45) is 0 Å². The van der Waals surface area contributed by atoms with E-state index in [0.29, 0.717) is 17.6 Å². The van der Waals surface area contributed by atoms with Crippen molar-refractivity contribution in [1.29, 1.82) is 0 Å². The molecule has 0 saturated carbocycles. The van der Waals surface area contributed by atoms with E-state index in [1.165, 1.54) is 0 Å². The van der Waals surface area contributed by atoms with Crippen LogP contribution in [0.25, 0.3) is 0 Å². The molecule has 0 aliphatic carbocycles. The molecule has 1 aliphatic rings. The van der Waals surface area contributed by atoms with Crippen LogP contribution >= 0.6 is 34.8 Å². The van der Waals surface area contributed by atoms with Gasteiger partial charge >= 0.3 is 0 Å². The first kappa shape index (κ1) is 19.8. The first-order chi connectivity index (χ1) is 10.3. The van der Waals surface area contributed by atoms with E-state index >= 15 is 0 Å². The van der Waals surface area contributed by atoms with Gasteiger partial charge in [-0.25, -0.2) is 0 Å². The smallest absolute Gasteiger partial charge is 0.163 e. The number of hydrogen-bond donors (Lipinski definition) is 0. The second-order valence-electron chi connectivity index (χ2n) is 5.25.